The van der Waals surface area contributed by atoms with Crippen molar-refractivity contribution >= 4 is 15.8 Å². The lowest BCUT2D eigenvalue weighted by Crippen LogP contribution is -2.17. The van der Waals surface area contributed by atoms with Gasteiger partial charge in [-0.05, 0) is 31.0 Å². The molecule has 0 spiro atoms. The third-order valence-corrected chi connectivity index (χ3v) is 4.52. The van der Waals surface area contributed by atoms with Gasteiger partial charge < -0.3 is 5.73 Å². The molecule has 2 rings (SSSR count). The minimum absolute atomic E-state index is 0.235. The number of nitrogens with two attached hydrogens (primary N) is 1. The average Bonchev–Trinajstić information content (AvgIpc) is 2.67. The second-order valence-corrected chi connectivity index (χ2v) is 6.35. The fraction of sp³-hybridized carbons (Fsp3) is 0.308. The van der Waals surface area contributed by atoms with Crippen molar-refractivity contribution in [1.29, 1.82) is 0 Å². The first kappa shape index (κ1) is 14.5. The number of rotatable bonds is 4. The summed E-state index contributed by atoms with van der Waals surface area (Å²) >= 11 is 0. The fourth-order valence-electron chi connectivity index (χ4n) is 1.96. The maximum Gasteiger partial charge on any atom is 0.263 e. The molecule has 0 radical (unpaired) electrons. The van der Waals surface area contributed by atoms with E-state index < -0.39 is 10.0 Å². The Morgan fingerprint density at radius 1 is 1.30 bits per heavy atom. The number of aryl methyl sites for hydroxylation is 3. The SMILES string of the molecule is Cc1cc(NS(=O)(=O)c2cc(CN)ccc2C)n(C)n1. The van der Waals surface area contributed by atoms with Crippen LogP contribution in [0.4, 0.5) is 5.82 Å². The van der Waals surface area contributed by atoms with Gasteiger partial charge >= 0.3 is 0 Å². The lowest BCUT2D eigenvalue weighted by atomic mass is 10.1. The Labute approximate surface area is 118 Å². The van der Waals surface area contributed by atoms with Crippen LogP contribution in [0.15, 0.2) is 29.2 Å². The molecular formula is C13H18N4O2S. The van der Waals surface area contributed by atoms with Gasteiger partial charge in [0.15, 0.2) is 0 Å². The zero-order valence-corrected chi connectivity index (χ0v) is 12.5. The standard InChI is InChI=1S/C13H18N4O2S/c1-9-4-5-11(8-14)7-12(9)20(18,19)16-13-6-10(2)15-17(13)3/h4-7,16H,8,14H2,1-3H3. The lowest BCUT2D eigenvalue weighted by molar-refractivity contribution is 0.599. The summed E-state index contributed by atoms with van der Waals surface area (Å²) < 4.78 is 29.0. The quantitative estimate of drug-likeness (QED) is 0.889. The van der Waals surface area contributed by atoms with E-state index in [0.29, 0.717) is 17.9 Å². The van der Waals surface area contributed by atoms with Crippen LogP contribution in [-0.2, 0) is 23.6 Å². The molecular weight excluding hydrogens is 276 g/mol. The topological polar surface area (TPSA) is 90.0 Å². The van der Waals surface area contributed by atoms with Gasteiger partial charge in [-0.25, -0.2) is 8.42 Å². The van der Waals surface area contributed by atoms with Crippen LogP contribution in [0.3, 0.4) is 0 Å². The van der Waals surface area contributed by atoms with Crippen LogP contribution >= 0.6 is 0 Å². The summed E-state index contributed by atoms with van der Waals surface area (Å²) in [5.74, 6) is 0.431. The number of hydrogen-bond donors (Lipinski definition) is 2. The first-order chi connectivity index (χ1) is 9.33. The summed E-state index contributed by atoms with van der Waals surface area (Å²) in [6.07, 6.45) is 0. The summed E-state index contributed by atoms with van der Waals surface area (Å²) in [6, 6.07) is 6.86. The third-order valence-electron chi connectivity index (χ3n) is 3.02. The summed E-state index contributed by atoms with van der Waals surface area (Å²) in [5.41, 5.74) is 7.76. The molecule has 108 valence electrons. The molecule has 1 heterocycles. The molecule has 0 fully saturated rings. The number of benzene rings is 1. The van der Waals surface area contributed by atoms with Crippen LogP contribution in [0.25, 0.3) is 0 Å². The van der Waals surface area contributed by atoms with E-state index >= 15 is 0 Å². The summed E-state index contributed by atoms with van der Waals surface area (Å²) in [6.45, 7) is 3.86. The van der Waals surface area contributed by atoms with Crippen LogP contribution in [0.1, 0.15) is 16.8 Å². The molecule has 0 unspecified atom stereocenters. The monoisotopic (exact) mass is 294 g/mol. The highest BCUT2D eigenvalue weighted by Crippen LogP contribution is 2.20. The maximum atomic E-state index is 12.5. The normalized spacial score (nSPS) is 11.6. The molecule has 7 heteroatoms. The van der Waals surface area contributed by atoms with Crippen LogP contribution in [0.5, 0.6) is 0 Å². The second-order valence-electron chi connectivity index (χ2n) is 4.70. The Kier molecular flexibility index (Phi) is 3.82. The third kappa shape index (κ3) is 2.83. The van der Waals surface area contributed by atoms with Crippen molar-refractivity contribution in [2.75, 3.05) is 4.72 Å². The molecule has 0 saturated heterocycles. The van der Waals surface area contributed by atoms with E-state index in [4.69, 9.17) is 5.73 Å². The van der Waals surface area contributed by atoms with Crippen molar-refractivity contribution in [3.63, 3.8) is 0 Å². The van der Waals surface area contributed by atoms with Crippen molar-refractivity contribution in [3.8, 4) is 0 Å². The first-order valence-corrected chi connectivity index (χ1v) is 7.65. The van der Waals surface area contributed by atoms with Gasteiger partial charge in [-0.15, -0.1) is 0 Å². The van der Waals surface area contributed by atoms with E-state index in [0.717, 1.165) is 11.3 Å². The molecule has 0 aliphatic rings. The average molecular weight is 294 g/mol. The van der Waals surface area contributed by atoms with Gasteiger partial charge in [-0.2, -0.15) is 5.10 Å². The molecule has 0 bridgehead atoms. The Morgan fingerprint density at radius 3 is 2.55 bits per heavy atom. The number of anilines is 1. The lowest BCUT2D eigenvalue weighted by Gasteiger charge is -2.11. The summed E-state index contributed by atoms with van der Waals surface area (Å²) in [4.78, 5) is 0.235. The van der Waals surface area contributed by atoms with Gasteiger partial charge in [0.25, 0.3) is 10.0 Å². The maximum absolute atomic E-state index is 12.5. The van der Waals surface area contributed by atoms with Gasteiger partial charge in [-0.1, -0.05) is 12.1 Å². The largest absolute Gasteiger partial charge is 0.326 e. The van der Waals surface area contributed by atoms with Crippen molar-refractivity contribution in [2.45, 2.75) is 25.3 Å². The summed E-state index contributed by atoms with van der Waals surface area (Å²) in [7, 11) is -1.96. The minimum atomic E-state index is -3.65. The number of aromatic nitrogens is 2. The Morgan fingerprint density at radius 2 is 2.00 bits per heavy atom. The van der Waals surface area contributed by atoms with E-state index in [1.165, 1.54) is 4.68 Å². The van der Waals surface area contributed by atoms with Crippen molar-refractivity contribution in [3.05, 3.63) is 41.1 Å². The van der Waals surface area contributed by atoms with Crippen LogP contribution in [0, 0.1) is 13.8 Å². The Balaban J connectivity index is 2.43. The highest BCUT2D eigenvalue weighted by molar-refractivity contribution is 7.92. The molecule has 0 aliphatic carbocycles. The van der Waals surface area contributed by atoms with E-state index in [1.807, 2.05) is 6.07 Å². The molecule has 1 aromatic heterocycles. The molecule has 1 aromatic carbocycles. The second kappa shape index (κ2) is 5.26. The predicted molar refractivity (Wildman–Crippen MR) is 77.8 cm³/mol. The van der Waals surface area contributed by atoms with Crippen molar-refractivity contribution in [2.24, 2.45) is 12.8 Å². The number of sulfonamides is 1. The molecule has 0 aliphatic heterocycles. The van der Waals surface area contributed by atoms with Crippen molar-refractivity contribution < 1.29 is 8.42 Å². The van der Waals surface area contributed by atoms with Gasteiger partial charge in [0, 0.05) is 19.7 Å². The smallest absolute Gasteiger partial charge is 0.263 e. The summed E-state index contributed by atoms with van der Waals surface area (Å²) in [5, 5.41) is 4.11. The Hall–Kier alpha value is -1.86. The van der Waals surface area contributed by atoms with Gasteiger partial charge in [0.05, 0.1) is 10.6 Å². The zero-order valence-electron chi connectivity index (χ0n) is 11.7. The van der Waals surface area contributed by atoms with E-state index in [9.17, 15) is 8.42 Å². The minimum Gasteiger partial charge on any atom is -0.326 e. The van der Waals surface area contributed by atoms with Crippen LogP contribution in [0.2, 0.25) is 0 Å². The number of hydrogen-bond acceptors (Lipinski definition) is 4. The molecule has 0 amide bonds. The van der Waals surface area contributed by atoms with Crippen molar-refractivity contribution in [1.82, 2.24) is 9.78 Å². The number of nitrogens with zero attached hydrogens (tertiary/aromatic N) is 2. The van der Waals surface area contributed by atoms with E-state index in [2.05, 4.69) is 9.82 Å². The molecule has 0 atom stereocenters. The Bertz CT molecular complexity index is 735. The van der Waals surface area contributed by atoms with E-state index in [-0.39, 0.29) is 4.90 Å². The van der Waals surface area contributed by atoms with Gasteiger partial charge in [0.2, 0.25) is 0 Å². The van der Waals surface area contributed by atoms with E-state index in [1.54, 1.807) is 39.1 Å². The molecule has 0 saturated carbocycles. The van der Waals surface area contributed by atoms with Crippen LogP contribution < -0.4 is 10.5 Å². The van der Waals surface area contributed by atoms with Gasteiger partial charge in [-0.3, -0.25) is 9.40 Å². The fourth-order valence-corrected chi connectivity index (χ4v) is 3.33. The van der Waals surface area contributed by atoms with Gasteiger partial charge in [0.1, 0.15) is 5.82 Å². The zero-order chi connectivity index (χ0) is 14.9. The molecule has 3 N–H and O–H groups in total. The molecule has 2 aromatic rings. The highest BCUT2D eigenvalue weighted by Gasteiger charge is 2.19. The number of nitrogens with one attached hydrogen (secondary N) is 1. The highest BCUT2D eigenvalue weighted by atomic mass is 32.2. The molecule has 6 nitrogen and oxygen atoms in total. The molecule has 20 heavy (non-hydrogen) atoms. The van der Waals surface area contributed by atoms with Crippen LogP contribution in [-0.4, -0.2) is 18.2 Å². The predicted octanol–water partition coefficient (Wildman–Crippen LogP) is 1.30. The first-order valence-electron chi connectivity index (χ1n) is 6.16.